The van der Waals surface area contributed by atoms with Crippen molar-refractivity contribution in [3.8, 4) is 5.69 Å². The highest BCUT2D eigenvalue weighted by Gasteiger charge is 2.37. The van der Waals surface area contributed by atoms with E-state index >= 15 is 0 Å². The molecule has 1 saturated heterocycles. The maximum atomic E-state index is 14.4. The summed E-state index contributed by atoms with van der Waals surface area (Å²) in [5.74, 6) is 0.538. The van der Waals surface area contributed by atoms with Crippen molar-refractivity contribution in [2.45, 2.75) is 32.3 Å². The summed E-state index contributed by atoms with van der Waals surface area (Å²) in [4.78, 5) is 12.3. The summed E-state index contributed by atoms with van der Waals surface area (Å²) in [6.45, 7) is 3.70. The molecule has 1 aliphatic heterocycles. The average Bonchev–Trinajstić information content (AvgIpc) is 2.86. The quantitative estimate of drug-likeness (QED) is 0.894. The molecule has 7 heteroatoms. The van der Waals surface area contributed by atoms with Crippen LogP contribution in [0.4, 0.5) is 10.1 Å². The second-order valence-electron chi connectivity index (χ2n) is 6.10. The molecule has 0 saturated carbocycles. The molecule has 1 aromatic carbocycles. The fourth-order valence-corrected chi connectivity index (χ4v) is 3.98. The Balaban J connectivity index is 1.80. The Kier molecular flexibility index (Phi) is 4.64. The number of aliphatic hydroxyl groups is 1. The number of anilines is 1. The lowest BCUT2D eigenvalue weighted by Gasteiger charge is -2.30. The van der Waals surface area contributed by atoms with Gasteiger partial charge in [-0.15, -0.1) is 0 Å². The number of benzene rings is 1. The molecule has 2 aromatic rings. The molecule has 0 spiro atoms. The zero-order chi connectivity index (χ0) is 17.3. The van der Waals surface area contributed by atoms with Crippen molar-refractivity contribution in [2.75, 3.05) is 16.8 Å². The van der Waals surface area contributed by atoms with E-state index in [1.54, 1.807) is 23.9 Å². The van der Waals surface area contributed by atoms with Gasteiger partial charge in [-0.2, -0.15) is 16.9 Å². The van der Waals surface area contributed by atoms with E-state index in [-0.39, 0.29) is 0 Å². The number of nitrogens with one attached hydrogen (secondary N) is 1. The van der Waals surface area contributed by atoms with Gasteiger partial charge in [0.15, 0.2) is 5.82 Å². The molecule has 5 nitrogen and oxygen atoms in total. The number of aromatic nitrogens is 2. The lowest BCUT2D eigenvalue weighted by Crippen LogP contribution is -2.45. The fraction of sp³-hybridized carbons (Fsp3) is 0.412. The Morgan fingerprint density at radius 1 is 1.33 bits per heavy atom. The van der Waals surface area contributed by atoms with Gasteiger partial charge in [0.25, 0.3) is 5.91 Å². The average molecular weight is 349 g/mol. The summed E-state index contributed by atoms with van der Waals surface area (Å²) in [5.41, 5.74) is 0.926. The molecule has 0 bridgehead atoms. The third kappa shape index (κ3) is 3.32. The summed E-state index contributed by atoms with van der Waals surface area (Å²) in [5, 5.41) is 17.3. The predicted molar refractivity (Wildman–Crippen MR) is 93.1 cm³/mol. The highest BCUT2D eigenvalue weighted by molar-refractivity contribution is 7.99. The van der Waals surface area contributed by atoms with Crippen LogP contribution in [0.25, 0.3) is 5.69 Å². The molecule has 0 unspecified atom stereocenters. The molecule has 128 valence electrons. The first-order valence-electron chi connectivity index (χ1n) is 7.84. The Hall–Kier alpha value is -1.86. The Labute approximate surface area is 144 Å². The van der Waals surface area contributed by atoms with Crippen molar-refractivity contribution in [3.63, 3.8) is 0 Å². The topological polar surface area (TPSA) is 67.2 Å². The molecular formula is C17H20FN3O2S. The van der Waals surface area contributed by atoms with Gasteiger partial charge in [-0.05, 0) is 62.5 Å². The maximum absolute atomic E-state index is 14.4. The van der Waals surface area contributed by atoms with E-state index in [0.29, 0.717) is 24.2 Å². The van der Waals surface area contributed by atoms with Crippen LogP contribution in [-0.2, 0) is 4.79 Å². The van der Waals surface area contributed by atoms with E-state index in [9.17, 15) is 14.3 Å². The zero-order valence-electron chi connectivity index (χ0n) is 13.7. The minimum Gasteiger partial charge on any atom is -0.380 e. The van der Waals surface area contributed by atoms with Gasteiger partial charge < -0.3 is 10.4 Å². The first kappa shape index (κ1) is 17.0. The standard InChI is InChI=1S/C17H20FN3O2S/c1-11-9-12(2)21(20-11)15-4-3-13(10-14(15)18)19-16(22)17(23)5-7-24-8-6-17/h3-4,9-10,23H,5-8H2,1-2H3,(H,19,22). The highest BCUT2D eigenvalue weighted by atomic mass is 32.2. The third-order valence-corrected chi connectivity index (χ3v) is 5.17. The van der Waals surface area contributed by atoms with Crippen LogP contribution in [0.3, 0.4) is 0 Å². The lowest BCUT2D eigenvalue weighted by atomic mass is 9.95. The Bertz CT molecular complexity index is 769. The van der Waals surface area contributed by atoms with Gasteiger partial charge in [0.2, 0.25) is 0 Å². The number of hydrogen-bond acceptors (Lipinski definition) is 4. The summed E-state index contributed by atoms with van der Waals surface area (Å²) >= 11 is 1.72. The number of carbonyl (C=O) groups is 1. The van der Waals surface area contributed by atoms with Gasteiger partial charge in [0, 0.05) is 11.4 Å². The maximum Gasteiger partial charge on any atom is 0.256 e. The van der Waals surface area contributed by atoms with E-state index in [4.69, 9.17) is 0 Å². The van der Waals surface area contributed by atoms with Crippen LogP contribution in [0.1, 0.15) is 24.2 Å². The molecule has 2 N–H and O–H groups in total. The van der Waals surface area contributed by atoms with E-state index in [1.165, 1.54) is 10.7 Å². The number of rotatable bonds is 3. The molecule has 0 aliphatic carbocycles. The first-order chi connectivity index (χ1) is 11.4. The number of carbonyl (C=O) groups excluding carboxylic acids is 1. The molecule has 24 heavy (non-hydrogen) atoms. The molecular weight excluding hydrogens is 329 g/mol. The minimum absolute atomic E-state index is 0.325. The SMILES string of the molecule is Cc1cc(C)n(-c2ccc(NC(=O)C3(O)CCSCC3)cc2F)n1. The van der Waals surface area contributed by atoms with Crippen molar-refractivity contribution in [2.24, 2.45) is 0 Å². The van der Waals surface area contributed by atoms with Gasteiger partial charge in [-0.25, -0.2) is 9.07 Å². The van der Waals surface area contributed by atoms with Gasteiger partial charge in [-0.1, -0.05) is 0 Å². The summed E-state index contributed by atoms with van der Waals surface area (Å²) in [6.07, 6.45) is 0.825. The van der Waals surface area contributed by atoms with Crippen molar-refractivity contribution >= 4 is 23.4 Å². The summed E-state index contributed by atoms with van der Waals surface area (Å²) < 4.78 is 16.0. The molecule has 1 aromatic heterocycles. The number of halogens is 1. The van der Waals surface area contributed by atoms with Crippen LogP contribution >= 0.6 is 11.8 Å². The molecule has 3 rings (SSSR count). The summed E-state index contributed by atoms with van der Waals surface area (Å²) in [7, 11) is 0. The largest absolute Gasteiger partial charge is 0.380 e. The monoisotopic (exact) mass is 349 g/mol. The molecule has 1 amide bonds. The van der Waals surface area contributed by atoms with Crippen LogP contribution < -0.4 is 5.32 Å². The van der Waals surface area contributed by atoms with Gasteiger partial charge >= 0.3 is 0 Å². The summed E-state index contributed by atoms with van der Waals surface area (Å²) in [6, 6.07) is 6.31. The van der Waals surface area contributed by atoms with Gasteiger partial charge in [0.1, 0.15) is 11.3 Å². The van der Waals surface area contributed by atoms with Crippen molar-refractivity contribution < 1.29 is 14.3 Å². The van der Waals surface area contributed by atoms with Crippen LogP contribution in [0.2, 0.25) is 0 Å². The Morgan fingerprint density at radius 2 is 2.04 bits per heavy atom. The second-order valence-corrected chi connectivity index (χ2v) is 7.33. The molecule has 1 fully saturated rings. The van der Waals surface area contributed by atoms with Crippen LogP contribution in [0.15, 0.2) is 24.3 Å². The van der Waals surface area contributed by atoms with E-state index in [2.05, 4.69) is 10.4 Å². The number of hydrogen-bond donors (Lipinski definition) is 2. The molecule has 2 heterocycles. The van der Waals surface area contributed by atoms with Crippen LogP contribution in [0, 0.1) is 19.7 Å². The third-order valence-electron chi connectivity index (χ3n) is 4.19. The van der Waals surface area contributed by atoms with Gasteiger partial charge in [0.05, 0.1) is 5.69 Å². The molecule has 1 aliphatic rings. The molecule has 0 atom stereocenters. The second kappa shape index (κ2) is 6.57. The smallest absolute Gasteiger partial charge is 0.256 e. The van der Waals surface area contributed by atoms with E-state index < -0.39 is 17.3 Å². The first-order valence-corrected chi connectivity index (χ1v) is 8.99. The van der Waals surface area contributed by atoms with Gasteiger partial charge in [-0.3, -0.25) is 4.79 Å². The fourth-order valence-electron chi connectivity index (χ4n) is 2.81. The number of aryl methyl sites for hydroxylation is 2. The van der Waals surface area contributed by atoms with Crippen molar-refractivity contribution in [1.82, 2.24) is 9.78 Å². The Morgan fingerprint density at radius 3 is 2.62 bits per heavy atom. The number of thioether (sulfide) groups is 1. The van der Waals surface area contributed by atoms with E-state index in [0.717, 1.165) is 22.9 Å². The van der Waals surface area contributed by atoms with Crippen molar-refractivity contribution in [3.05, 3.63) is 41.5 Å². The van der Waals surface area contributed by atoms with E-state index in [1.807, 2.05) is 19.9 Å². The highest BCUT2D eigenvalue weighted by Crippen LogP contribution is 2.28. The van der Waals surface area contributed by atoms with Crippen LogP contribution in [-0.4, -0.2) is 37.9 Å². The predicted octanol–water partition coefficient (Wildman–Crippen LogP) is 2.82. The van der Waals surface area contributed by atoms with Crippen LogP contribution in [0.5, 0.6) is 0 Å². The van der Waals surface area contributed by atoms with Crippen molar-refractivity contribution in [1.29, 1.82) is 0 Å². The lowest BCUT2D eigenvalue weighted by molar-refractivity contribution is -0.134. The number of nitrogens with zero attached hydrogens (tertiary/aromatic N) is 2. The molecule has 0 radical (unpaired) electrons. The number of amides is 1. The minimum atomic E-state index is -1.36. The normalized spacial score (nSPS) is 16.8. The zero-order valence-corrected chi connectivity index (χ0v) is 14.5.